The molecule has 0 saturated heterocycles. The van der Waals surface area contributed by atoms with E-state index in [1.165, 1.54) is 11.1 Å². The van der Waals surface area contributed by atoms with Crippen LogP contribution in [-0.2, 0) is 0 Å². The van der Waals surface area contributed by atoms with Crippen LogP contribution in [0.5, 0.6) is 0 Å². The zero-order valence-corrected chi connectivity index (χ0v) is 9.21. The maximum absolute atomic E-state index is 5.75. The van der Waals surface area contributed by atoms with Gasteiger partial charge < -0.3 is 5.73 Å². The Bertz CT molecular complexity index is 406. The van der Waals surface area contributed by atoms with Gasteiger partial charge in [0, 0.05) is 5.70 Å². The molecule has 2 rings (SSSR count). The van der Waals surface area contributed by atoms with Crippen molar-refractivity contribution in [3.63, 3.8) is 0 Å². The van der Waals surface area contributed by atoms with Crippen LogP contribution < -0.4 is 5.73 Å². The first kappa shape index (κ1) is 11.6. The molecule has 0 heterocycles. The number of hydrogen-bond donors (Lipinski definition) is 1. The maximum atomic E-state index is 5.75. The van der Waals surface area contributed by atoms with Crippen molar-refractivity contribution in [2.75, 3.05) is 0 Å². The summed E-state index contributed by atoms with van der Waals surface area (Å²) < 4.78 is 0. The normalized spacial score (nSPS) is 24.1. The Morgan fingerprint density at radius 2 is 1.73 bits per heavy atom. The molecule has 0 aromatic heterocycles. The fourth-order valence-electron chi connectivity index (χ4n) is 1.50. The summed E-state index contributed by atoms with van der Waals surface area (Å²) in [5.41, 5.74) is 9.12. The highest BCUT2D eigenvalue weighted by Crippen LogP contribution is 2.21. The quantitative estimate of drug-likeness (QED) is 0.666. The highest BCUT2D eigenvalue weighted by Gasteiger charge is 2.02. The summed E-state index contributed by atoms with van der Waals surface area (Å²) in [5.74, 6) is 0. The van der Waals surface area contributed by atoms with Gasteiger partial charge in [-0.25, -0.2) is 0 Å². The van der Waals surface area contributed by atoms with Crippen LogP contribution in [0.15, 0.2) is 71.5 Å². The molecule has 15 heavy (non-hydrogen) atoms. The third kappa shape index (κ3) is 3.00. The van der Waals surface area contributed by atoms with Gasteiger partial charge in [-0.3, -0.25) is 0 Å². The molecule has 0 fully saturated rings. The fraction of sp³-hybridized carbons (Fsp3) is 0.0769. The van der Waals surface area contributed by atoms with E-state index in [1.54, 1.807) is 0 Å². The first-order valence-electron chi connectivity index (χ1n) is 4.74. The van der Waals surface area contributed by atoms with Crippen LogP contribution in [0.4, 0.5) is 0 Å². The summed E-state index contributed by atoms with van der Waals surface area (Å²) in [6, 6.07) is 0. The van der Waals surface area contributed by atoms with Crippen molar-refractivity contribution in [3.8, 4) is 0 Å². The maximum Gasteiger partial charge on any atom is 0.0314 e. The highest BCUT2D eigenvalue weighted by atomic mass is 35.5. The Balaban J connectivity index is 0.00000112. The molecular weight excluding hydrogens is 206 g/mol. The van der Waals surface area contributed by atoms with E-state index in [-0.39, 0.29) is 12.4 Å². The second-order valence-corrected chi connectivity index (χ2v) is 3.33. The zero-order chi connectivity index (χ0) is 9.80. The van der Waals surface area contributed by atoms with Crippen LogP contribution in [0.1, 0.15) is 6.42 Å². The Kier molecular flexibility index (Phi) is 4.19. The SMILES string of the molecule is Cl.NC1=C/C=C\C=C2\CC=CC=C2C=C1. The van der Waals surface area contributed by atoms with E-state index in [9.17, 15) is 0 Å². The van der Waals surface area contributed by atoms with Crippen molar-refractivity contribution in [1.29, 1.82) is 0 Å². The molecule has 0 atom stereocenters. The van der Waals surface area contributed by atoms with E-state index in [1.807, 2.05) is 24.3 Å². The van der Waals surface area contributed by atoms with Gasteiger partial charge >= 0.3 is 0 Å². The van der Waals surface area contributed by atoms with Gasteiger partial charge in [-0.2, -0.15) is 0 Å². The Hall–Kier alpha value is -1.47. The number of hydrogen-bond acceptors (Lipinski definition) is 1. The average Bonchev–Trinajstić information content (AvgIpc) is 2.30. The molecule has 0 bridgehead atoms. The van der Waals surface area contributed by atoms with Gasteiger partial charge in [-0.1, -0.05) is 42.5 Å². The minimum absolute atomic E-state index is 0. The van der Waals surface area contributed by atoms with Crippen LogP contribution in [0, 0.1) is 0 Å². The topological polar surface area (TPSA) is 26.0 Å². The standard InChI is InChI=1S/C13H13N.ClH/c14-13-8-4-3-6-11-5-1-2-7-12(11)9-10-13;/h1-4,6-10H,5,14H2;1H/b4-3-,10-9?,11-6-,13-8?;. The van der Waals surface area contributed by atoms with Gasteiger partial charge in [0.25, 0.3) is 0 Å². The average molecular weight is 220 g/mol. The largest absolute Gasteiger partial charge is 0.399 e. The third-order valence-electron chi connectivity index (χ3n) is 2.27. The minimum Gasteiger partial charge on any atom is -0.399 e. The van der Waals surface area contributed by atoms with Crippen LogP contribution in [0.2, 0.25) is 0 Å². The fourth-order valence-corrected chi connectivity index (χ4v) is 1.50. The molecule has 0 radical (unpaired) electrons. The molecular formula is C13H14ClN. The second kappa shape index (κ2) is 5.42. The smallest absolute Gasteiger partial charge is 0.0314 e. The molecule has 2 heteroatoms. The number of allylic oxidation sites excluding steroid dienone is 11. The Morgan fingerprint density at radius 1 is 0.933 bits per heavy atom. The Labute approximate surface area is 96.5 Å². The number of rotatable bonds is 0. The lowest BCUT2D eigenvalue weighted by Gasteiger charge is -2.08. The number of nitrogens with two attached hydrogens (primary N) is 1. The van der Waals surface area contributed by atoms with Gasteiger partial charge in [0.2, 0.25) is 0 Å². The predicted molar refractivity (Wildman–Crippen MR) is 67.7 cm³/mol. The minimum atomic E-state index is 0. The summed E-state index contributed by atoms with van der Waals surface area (Å²) in [6.45, 7) is 0. The van der Waals surface area contributed by atoms with E-state index in [0.29, 0.717) is 0 Å². The van der Waals surface area contributed by atoms with Crippen LogP contribution >= 0.6 is 12.4 Å². The third-order valence-corrected chi connectivity index (χ3v) is 2.27. The van der Waals surface area contributed by atoms with E-state index in [2.05, 4.69) is 30.4 Å². The second-order valence-electron chi connectivity index (χ2n) is 3.33. The van der Waals surface area contributed by atoms with Gasteiger partial charge in [0.1, 0.15) is 0 Å². The number of fused-ring (bicyclic) bond motifs is 1. The lowest BCUT2D eigenvalue weighted by Crippen LogP contribution is -1.93. The molecule has 2 aliphatic carbocycles. The molecule has 78 valence electrons. The summed E-state index contributed by atoms with van der Waals surface area (Å²) in [5, 5.41) is 0. The monoisotopic (exact) mass is 219 g/mol. The van der Waals surface area contributed by atoms with E-state index >= 15 is 0 Å². The molecule has 0 spiro atoms. The lowest BCUT2D eigenvalue weighted by molar-refractivity contribution is 1.22. The first-order valence-corrected chi connectivity index (χ1v) is 4.74. The van der Waals surface area contributed by atoms with Gasteiger partial charge in [0.05, 0.1) is 0 Å². The van der Waals surface area contributed by atoms with Crippen molar-refractivity contribution >= 4 is 12.4 Å². The predicted octanol–water partition coefficient (Wildman–Crippen LogP) is 3.19. The van der Waals surface area contributed by atoms with Gasteiger partial charge in [-0.15, -0.1) is 12.4 Å². The molecule has 2 N–H and O–H groups in total. The lowest BCUT2D eigenvalue weighted by atomic mass is 9.97. The highest BCUT2D eigenvalue weighted by molar-refractivity contribution is 5.85. The molecule has 2 aliphatic rings. The van der Waals surface area contributed by atoms with E-state index in [4.69, 9.17) is 5.73 Å². The molecule has 0 amide bonds. The van der Waals surface area contributed by atoms with Gasteiger partial charge in [-0.05, 0) is 29.7 Å². The van der Waals surface area contributed by atoms with Crippen molar-refractivity contribution in [2.45, 2.75) is 6.42 Å². The summed E-state index contributed by atoms with van der Waals surface area (Å²) in [4.78, 5) is 0. The number of halogens is 1. The van der Waals surface area contributed by atoms with E-state index < -0.39 is 0 Å². The van der Waals surface area contributed by atoms with Crippen molar-refractivity contribution in [3.05, 3.63) is 71.5 Å². The van der Waals surface area contributed by atoms with Crippen LogP contribution in [-0.4, -0.2) is 0 Å². The van der Waals surface area contributed by atoms with Gasteiger partial charge in [0.15, 0.2) is 0 Å². The molecule has 0 aromatic rings. The molecule has 0 saturated carbocycles. The molecule has 1 nitrogen and oxygen atoms in total. The van der Waals surface area contributed by atoms with Crippen molar-refractivity contribution < 1.29 is 0 Å². The summed E-state index contributed by atoms with van der Waals surface area (Å²) in [7, 11) is 0. The van der Waals surface area contributed by atoms with Crippen LogP contribution in [0.25, 0.3) is 0 Å². The molecule has 0 aromatic carbocycles. The van der Waals surface area contributed by atoms with Crippen LogP contribution in [0.3, 0.4) is 0 Å². The van der Waals surface area contributed by atoms with Crippen molar-refractivity contribution in [2.24, 2.45) is 5.73 Å². The Morgan fingerprint density at radius 3 is 2.60 bits per heavy atom. The molecule has 0 aliphatic heterocycles. The summed E-state index contributed by atoms with van der Waals surface area (Å²) >= 11 is 0. The summed E-state index contributed by atoms with van der Waals surface area (Å²) in [6.07, 6.45) is 19.4. The first-order chi connectivity index (χ1) is 6.86. The van der Waals surface area contributed by atoms with E-state index in [0.717, 1.165) is 12.1 Å². The zero-order valence-electron chi connectivity index (χ0n) is 8.39. The van der Waals surface area contributed by atoms with Crippen molar-refractivity contribution in [1.82, 2.24) is 0 Å². The molecule has 0 unspecified atom stereocenters.